The van der Waals surface area contributed by atoms with E-state index >= 15 is 0 Å². The number of nitrogens with one attached hydrogen (secondary N) is 3. The van der Waals surface area contributed by atoms with E-state index in [1.54, 1.807) is 29.1 Å². The Morgan fingerprint density at radius 1 is 0.875 bits per heavy atom. The Balaban J connectivity index is 1.52. The molecule has 2 heterocycles. The number of aromatic nitrogens is 3. The highest BCUT2D eigenvalue weighted by Gasteiger charge is 2.37. The van der Waals surface area contributed by atoms with Crippen LogP contribution in [0.2, 0.25) is 0 Å². The van der Waals surface area contributed by atoms with Crippen LogP contribution in [0, 0.1) is 0 Å². The first-order chi connectivity index (χ1) is 15.0. The number of alkyl halides is 6. The van der Waals surface area contributed by atoms with Gasteiger partial charge in [0, 0.05) is 31.2 Å². The van der Waals surface area contributed by atoms with Crippen molar-refractivity contribution in [1.29, 1.82) is 0 Å². The van der Waals surface area contributed by atoms with E-state index in [1.165, 1.54) is 0 Å². The predicted molar refractivity (Wildman–Crippen MR) is 103 cm³/mol. The molecule has 170 valence electrons. The van der Waals surface area contributed by atoms with Gasteiger partial charge in [-0.3, -0.25) is 0 Å². The van der Waals surface area contributed by atoms with E-state index < -0.39 is 35.2 Å². The molecule has 0 spiro atoms. The quantitative estimate of drug-likeness (QED) is 0.374. The SMILES string of the molecule is O=C(NCCNc1ccc(-n2cccc2)nn1)Nc1cc(C(F)(F)F)cc(C(F)(F)F)c1. The maximum absolute atomic E-state index is 12.9. The Bertz CT molecular complexity index is 1020. The second kappa shape index (κ2) is 9.16. The molecule has 1 aromatic carbocycles. The number of anilines is 2. The van der Waals surface area contributed by atoms with Crippen molar-refractivity contribution in [2.45, 2.75) is 12.4 Å². The molecule has 2 aromatic heterocycles. The predicted octanol–water partition coefficient (Wildman–Crippen LogP) is 4.54. The van der Waals surface area contributed by atoms with Crippen molar-refractivity contribution in [3.8, 4) is 5.82 Å². The Morgan fingerprint density at radius 2 is 1.50 bits per heavy atom. The number of rotatable bonds is 6. The molecule has 0 saturated heterocycles. The van der Waals surface area contributed by atoms with Gasteiger partial charge in [-0.05, 0) is 42.5 Å². The molecular weight excluding hydrogens is 442 g/mol. The summed E-state index contributed by atoms with van der Waals surface area (Å²) in [4.78, 5) is 11.9. The van der Waals surface area contributed by atoms with Crippen molar-refractivity contribution >= 4 is 17.5 Å². The van der Waals surface area contributed by atoms with E-state index in [9.17, 15) is 31.1 Å². The van der Waals surface area contributed by atoms with Gasteiger partial charge >= 0.3 is 18.4 Å². The Kier molecular flexibility index (Phi) is 6.55. The monoisotopic (exact) mass is 458 g/mol. The average molecular weight is 458 g/mol. The van der Waals surface area contributed by atoms with Gasteiger partial charge in [0.2, 0.25) is 0 Å². The molecule has 32 heavy (non-hydrogen) atoms. The highest BCUT2D eigenvalue weighted by atomic mass is 19.4. The third kappa shape index (κ3) is 6.12. The van der Waals surface area contributed by atoms with Crippen molar-refractivity contribution in [2.75, 3.05) is 23.7 Å². The molecule has 13 heteroatoms. The van der Waals surface area contributed by atoms with Gasteiger partial charge in [-0.1, -0.05) is 0 Å². The first-order valence-corrected chi connectivity index (χ1v) is 9.08. The number of benzene rings is 1. The fourth-order valence-electron chi connectivity index (χ4n) is 2.61. The summed E-state index contributed by atoms with van der Waals surface area (Å²) in [6.07, 6.45) is -6.42. The number of amides is 2. The van der Waals surface area contributed by atoms with Crippen LogP contribution in [0.15, 0.2) is 54.9 Å². The summed E-state index contributed by atoms with van der Waals surface area (Å²) in [5.74, 6) is 1.01. The molecule has 3 N–H and O–H groups in total. The zero-order valence-corrected chi connectivity index (χ0v) is 16.1. The van der Waals surface area contributed by atoms with Crippen molar-refractivity contribution in [3.63, 3.8) is 0 Å². The number of hydrogen-bond acceptors (Lipinski definition) is 4. The summed E-state index contributed by atoms with van der Waals surface area (Å²) in [5.41, 5.74) is -3.68. The van der Waals surface area contributed by atoms with Crippen molar-refractivity contribution < 1.29 is 31.1 Å². The lowest BCUT2D eigenvalue weighted by molar-refractivity contribution is -0.143. The lowest BCUT2D eigenvalue weighted by Gasteiger charge is -2.15. The number of hydrogen-bond donors (Lipinski definition) is 3. The van der Waals surface area contributed by atoms with E-state index in [4.69, 9.17) is 0 Å². The molecule has 0 aliphatic carbocycles. The molecule has 0 unspecified atom stereocenters. The number of nitrogens with zero attached hydrogens (tertiary/aromatic N) is 3. The maximum Gasteiger partial charge on any atom is 0.416 e. The third-order valence-corrected chi connectivity index (χ3v) is 4.08. The standard InChI is InChI=1S/C19H16F6N6O/c20-18(21,22)12-9-13(19(23,24)25)11-14(10-12)28-17(32)27-6-5-26-15-3-4-16(30-29-15)31-7-1-2-8-31/h1-4,7-11H,5-6H2,(H,26,29)(H2,27,28,32). The molecule has 0 fully saturated rings. The smallest absolute Gasteiger partial charge is 0.367 e. The second-order valence-electron chi connectivity index (χ2n) is 6.47. The van der Waals surface area contributed by atoms with Crippen molar-refractivity contribution in [1.82, 2.24) is 20.1 Å². The first kappa shape index (κ1) is 22.9. The van der Waals surface area contributed by atoms with E-state index in [0.717, 1.165) is 0 Å². The van der Waals surface area contributed by atoms with Crippen LogP contribution in [0.25, 0.3) is 5.82 Å². The topological polar surface area (TPSA) is 83.9 Å². The summed E-state index contributed by atoms with van der Waals surface area (Å²) in [7, 11) is 0. The molecule has 0 saturated carbocycles. The summed E-state index contributed by atoms with van der Waals surface area (Å²) in [6, 6.07) is 6.89. The highest BCUT2D eigenvalue weighted by Crippen LogP contribution is 2.37. The lowest BCUT2D eigenvalue weighted by Crippen LogP contribution is -2.33. The van der Waals surface area contributed by atoms with Crippen LogP contribution in [0.3, 0.4) is 0 Å². The molecule has 0 bridgehead atoms. The highest BCUT2D eigenvalue weighted by molar-refractivity contribution is 5.89. The van der Waals surface area contributed by atoms with Crippen LogP contribution in [0.1, 0.15) is 11.1 Å². The van der Waals surface area contributed by atoms with Gasteiger partial charge in [0.15, 0.2) is 5.82 Å². The number of carbonyl (C=O) groups excluding carboxylic acids is 1. The number of urea groups is 1. The second-order valence-corrected chi connectivity index (χ2v) is 6.47. The fourth-order valence-corrected chi connectivity index (χ4v) is 2.61. The molecule has 7 nitrogen and oxygen atoms in total. The van der Waals surface area contributed by atoms with Crippen LogP contribution in [-0.2, 0) is 12.4 Å². The van der Waals surface area contributed by atoms with Gasteiger partial charge in [0.1, 0.15) is 5.82 Å². The van der Waals surface area contributed by atoms with Gasteiger partial charge in [0.25, 0.3) is 0 Å². The minimum Gasteiger partial charge on any atom is -0.367 e. The molecule has 0 aliphatic rings. The van der Waals surface area contributed by atoms with E-state index in [1.807, 2.05) is 17.4 Å². The van der Waals surface area contributed by atoms with Crippen LogP contribution >= 0.6 is 0 Å². The summed E-state index contributed by atoms with van der Waals surface area (Å²) in [5, 5.41) is 15.2. The third-order valence-electron chi connectivity index (χ3n) is 4.08. The van der Waals surface area contributed by atoms with Crippen LogP contribution < -0.4 is 16.0 Å². The van der Waals surface area contributed by atoms with E-state index in [0.29, 0.717) is 23.8 Å². The summed E-state index contributed by atoms with van der Waals surface area (Å²) < 4.78 is 79.0. The van der Waals surface area contributed by atoms with Gasteiger partial charge in [-0.15, -0.1) is 10.2 Å². The summed E-state index contributed by atoms with van der Waals surface area (Å²) >= 11 is 0. The zero-order chi connectivity index (χ0) is 23.4. The normalized spacial score (nSPS) is 11.8. The van der Waals surface area contributed by atoms with Gasteiger partial charge in [-0.2, -0.15) is 26.3 Å². The molecule has 2 amide bonds. The fraction of sp³-hybridized carbons (Fsp3) is 0.211. The van der Waals surface area contributed by atoms with E-state index in [-0.39, 0.29) is 19.2 Å². The van der Waals surface area contributed by atoms with Crippen molar-refractivity contribution in [2.24, 2.45) is 0 Å². The average Bonchev–Trinajstić information content (AvgIpc) is 3.25. The largest absolute Gasteiger partial charge is 0.416 e. The maximum atomic E-state index is 12.9. The van der Waals surface area contributed by atoms with Crippen LogP contribution in [0.4, 0.5) is 42.6 Å². The summed E-state index contributed by atoms with van der Waals surface area (Å²) in [6.45, 7) is 0.194. The van der Waals surface area contributed by atoms with Crippen LogP contribution in [-0.4, -0.2) is 33.9 Å². The molecule has 0 radical (unpaired) electrons. The van der Waals surface area contributed by atoms with Crippen LogP contribution in [0.5, 0.6) is 0 Å². The Hall–Kier alpha value is -3.77. The lowest BCUT2D eigenvalue weighted by atomic mass is 10.1. The zero-order valence-electron chi connectivity index (χ0n) is 16.1. The molecular formula is C19H16F6N6O. The van der Waals surface area contributed by atoms with Gasteiger partial charge < -0.3 is 20.5 Å². The molecule has 3 rings (SSSR count). The minimum absolute atomic E-state index is 0.0119. The minimum atomic E-state index is -5.00. The van der Waals surface area contributed by atoms with Gasteiger partial charge in [0.05, 0.1) is 11.1 Å². The number of halogens is 6. The van der Waals surface area contributed by atoms with E-state index in [2.05, 4.69) is 20.8 Å². The molecule has 0 atom stereocenters. The first-order valence-electron chi connectivity index (χ1n) is 9.08. The Morgan fingerprint density at radius 3 is 2.03 bits per heavy atom. The molecule has 0 aliphatic heterocycles. The number of carbonyl (C=O) groups is 1. The van der Waals surface area contributed by atoms with Crippen molar-refractivity contribution in [3.05, 3.63) is 66.0 Å². The molecule has 3 aromatic rings. The van der Waals surface area contributed by atoms with Gasteiger partial charge in [-0.25, -0.2) is 4.79 Å². The Labute approximate surface area is 177 Å².